The van der Waals surface area contributed by atoms with Crippen LogP contribution in [0.1, 0.15) is 67.9 Å². The van der Waals surface area contributed by atoms with Crippen molar-refractivity contribution in [3.63, 3.8) is 0 Å². The molecular weight excluding hydrogens is 260 g/mol. The molecule has 0 heterocycles. The maximum absolute atomic E-state index is 10.5. The molecule has 0 saturated carbocycles. The molecule has 0 aliphatic rings. The molecule has 1 aromatic carbocycles. The molecule has 21 heavy (non-hydrogen) atoms. The fourth-order valence-electron chi connectivity index (χ4n) is 2.06. The highest BCUT2D eigenvalue weighted by Crippen LogP contribution is 2.33. The van der Waals surface area contributed by atoms with Gasteiger partial charge >= 0.3 is 0 Å². The Morgan fingerprint density at radius 3 is 1.76 bits per heavy atom. The van der Waals surface area contributed by atoms with E-state index >= 15 is 0 Å². The lowest BCUT2D eigenvalue weighted by Crippen LogP contribution is -2.39. The Morgan fingerprint density at radius 2 is 1.38 bits per heavy atom. The van der Waals surface area contributed by atoms with Crippen LogP contribution in [0.25, 0.3) is 0 Å². The molecule has 0 atom stereocenters. The standard InChI is InChI=1S/C18H32N2O/c1-16(2,3)13-10-14(19-17(4,5)6)12-15(11-13)20(21)18(7,8)9/h10-12,19,21H,1-9H3. The second-order valence-corrected chi connectivity index (χ2v) is 8.88. The summed E-state index contributed by atoms with van der Waals surface area (Å²) in [5.41, 5.74) is 2.74. The maximum atomic E-state index is 10.5. The van der Waals surface area contributed by atoms with Crippen LogP contribution in [-0.4, -0.2) is 16.3 Å². The van der Waals surface area contributed by atoms with Crippen LogP contribution in [0, 0.1) is 0 Å². The van der Waals surface area contributed by atoms with Crippen molar-refractivity contribution in [2.45, 2.75) is 78.8 Å². The van der Waals surface area contributed by atoms with Crippen LogP contribution in [0.4, 0.5) is 11.4 Å². The van der Waals surface area contributed by atoms with E-state index in [1.807, 2.05) is 26.8 Å². The molecule has 1 rings (SSSR count). The van der Waals surface area contributed by atoms with Gasteiger partial charge in [0.2, 0.25) is 0 Å². The molecule has 3 heteroatoms. The van der Waals surface area contributed by atoms with E-state index in [9.17, 15) is 5.21 Å². The van der Waals surface area contributed by atoms with Crippen molar-refractivity contribution in [1.82, 2.24) is 0 Å². The topological polar surface area (TPSA) is 35.5 Å². The molecule has 0 aliphatic carbocycles. The Bertz CT molecular complexity index is 487. The molecule has 0 spiro atoms. The maximum Gasteiger partial charge on any atom is 0.0663 e. The first-order chi connectivity index (χ1) is 9.20. The van der Waals surface area contributed by atoms with Crippen molar-refractivity contribution >= 4 is 11.4 Å². The normalized spacial score (nSPS) is 13.2. The van der Waals surface area contributed by atoms with Gasteiger partial charge in [0.1, 0.15) is 0 Å². The van der Waals surface area contributed by atoms with Crippen molar-refractivity contribution in [2.75, 3.05) is 10.4 Å². The summed E-state index contributed by atoms with van der Waals surface area (Å²) in [6.45, 7) is 18.9. The molecule has 0 radical (unpaired) electrons. The zero-order valence-electron chi connectivity index (χ0n) is 15.1. The summed E-state index contributed by atoms with van der Waals surface area (Å²) < 4.78 is 0. The van der Waals surface area contributed by atoms with Gasteiger partial charge in [0.25, 0.3) is 0 Å². The quantitative estimate of drug-likeness (QED) is 0.736. The number of anilines is 2. The molecule has 3 nitrogen and oxygen atoms in total. The smallest absolute Gasteiger partial charge is 0.0663 e. The first kappa shape index (κ1) is 17.8. The highest BCUT2D eigenvalue weighted by atomic mass is 16.5. The van der Waals surface area contributed by atoms with E-state index in [-0.39, 0.29) is 16.5 Å². The minimum Gasteiger partial charge on any atom is -0.380 e. The second kappa shape index (κ2) is 5.53. The van der Waals surface area contributed by atoms with Crippen LogP contribution in [0.5, 0.6) is 0 Å². The number of nitrogens with one attached hydrogen (secondary N) is 1. The largest absolute Gasteiger partial charge is 0.380 e. The Labute approximate surface area is 130 Å². The Morgan fingerprint density at radius 1 is 0.857 bits per heavy atom. The zero-order valence-corrected chi connectivity index (χ0v) is 15.1. The predicted molar refractivity (Wildman–Crippen MR) is 92.5 cm³/mol. The van der Waals surface area contributed by atoms with Gasteiger partial charge < -0.3 is 5.32 Å². The third-order valence-electron chi connectivity index (χ3n) is 3.18. The number of rotatable bonds is 2. The minimum absolute atomic E-state index is 0.0181. The van der Waals surface area contributed by atoms with Crippen LogP contribution in [-0.2, 0) is 5.41 Å². The van der Waals surface area contributed by atoms with Gasteiger partial charge in [0.05, 0.1) is 11.2 Å². The van der Waals surface area contributed by atoms with Crippen molar-refractivity contribution in [3.8, 4) is 0 Å². The van der Waals surface area contributed by atoms with Crippen molar-refractivity contribution in [3.05, 3.63) is 23.8 Å². The van der Waals surface area contributed by atoms with Gasteiger partial charge in [-0.2, -0.15) is 0 Å². The fraction of sp³-hybridized carbons (Fsp3) is 0.667. The molecule has 1 aromatic rings. The Balaban J connectivity index is 3.35. The van der Waals surface area contributed by atoms with Gasteiger partial charge in [-0.15, -0.1) is 0 Å². The van der Waals surface area contributed by atoms with Crippen LogP contribution in [0.3, 0.4) is 0 Å². The average molecular weight is 292 g/mol. The lowest BCUT2D eigenvalue weighted by Gasteiger charge is -2.33. The number of hydrogen-bond donors (Lipinski definition) is 2. The van der Waals surface area contributed by atoms with Gasteiger partial charge in [0, 0.05) is 11.2 Å². The van der Waals surface area contributed by atoms with Gasteiger partial charge in [-0.1, -0.05) is 20.8 Å². The summed E-state index contributed by atoms with van der Waals surface area (Å²) in [7, 11) is 0. The molecule has 0 saturated heterocycles. The average Bonchev–Trinajstić information content (AvgIpc) is 2.22. The third-order valence-corrected chi connectivity index (χ3v) is 3.18. The van der Waals surface area contributed by atoms with Crippen molar-refractivity contribution < 1.29 is 5.21 Å². The van der Waals surface area contributed by atoms with Gasteiger partial charge in [-0.25, -0.2) is 0 Å². The molecule has 0 unspecified atom stereocenters. The van der Waals surface area contributed by atoms with E-state index in [2.05, 4.69) is 59.0 Å². The van der Waals surface area contributed by atoms with Crippen LogP contribution >= 0.6 is 0 Å². The molecule has 0 fully saturated rings. The summed E-state index contributed by atoms with van der Waals surface area (Å²) >= 11 is 0. The van der Waals surface area contributed by atoms with E-state index in [1.165, 1.54) is 10.6 Å². The molecule has 0 bridgehead atoms. The van der Waals surface area contributed by atoms with Gasteiger partial charge in [-0.05, 0) is 70.7 Å². The van der Waals surface area contributed by atoms with E-state index < -0.39 is 0 Å². The van der Waals surface area contributed by atoms with Crippen molar-refractivity contribution in [1.29, 1.82) is 0 Å². The van der Waals surface area contributed by atoms with Crippen LogP contribution in [0.2, 0.25) is 0 Å². The fourth-order valence-corrected chi connectivity index (χ4v) is 2.06. The Kier molecular flexibility index (Phi) is 4.69. The lowest BCUT2D eigenvalue weighted by molar-refractivity contribution is 0.181. The van der Waals surface area contributed by atoms with E-state index in [1.54, 1.807) is 0 Å². The number of nitrogens with zero attached hydrogens (tertiary/aromatic N) is 1. The first-order valence-corrected chi connectivity index (χ1v) is 7.63. The predicted octanol–water partition coefficient (Wildman–Crippen LogP) is 5.19. The van der Waals surface area contributed by atoms with E-state index in [4.69, 9.17) is 0 Å². The molecule has 120 valence electrons. The molecular formula is C18H32N2O. The molecule has 0 aliphatic heterocycles. The highest BCUT2D eigenvalue weighted by molar-refractivity contribution is 5.62. The van der Waals surface area contributed by atoms with E-state index in [0.717, 1.165) is 11.4 Å². The first-order valence-electron chi connectivity index (χ1n) is 7.63. The van der Waals surface area contributed by atoms with E-state index in [0.29, 0.717) is 0 Å². The van der Waals surface area contributed by atoms with Crippen molar-refractivity contribution in [2.24, 2.45) is 0 Å². The minimum atomic E-state index is -0.338. The molecule has 2 N–H and O–H groups in total. The highest BCUT2D eigenvalue weighted by Gasteiger charge is 2.23. The second-order valence-electron chi connectivity index (χ2n) is 8.88. The summed E-state index contributed by atoms with van der Waals surface area (Å²) in [5, 5.41) is 15.3. The number of hydrogen-bond acceptors (Lipinski definition) is 3. The Hall–Kier alpha value is -1.22. The summed E-state index contributed by atoms with van der Waals surface area (Å²) in [5.74, 6) is 0. The number of benzene rings is 1. The SMILES string of the molecule is CC(C)(C)Nc1cc(N(O)C(C)(C)C)cc(C(C)(C)C)c1. The molecule has 0 amide bonds. The summed E-state index contributed by atoms with van der Waals surface area (Å²) in [4.78, 5) is 0. The summed E-state index contributed by atoms with van der Waals surface area (Å²) in [6.07, 6.45) is 0. The summed E-state index contributed by atoms with van der Waals surface area (Å²) in [6, 6.07) is 6.25. The third kappa shape index (κ3) is 5.24. The van der Waals surface area contributed by atoms with Gasteiger partial charge in [0.15, 0.2) is 0 Å². The zero-order chi connectivity index (χ0) is 16.6. The van der Waals surface area contributed by atoms with Gasteiger partial charge in [-0.3, -0.25) is 10.3 Å². The lowest BCUT2D eigenvalue weighted by atomic mass is 9.86. The van der Waals surface area contributed by atoms with Crippen LogP contribution in [0.15, 0.2) is 18.2 Å². The molecule has 0 aromatic heterocycles. The number of hydroxylamine groups is 1. The monoisotopic (exact) mass is 292 g/mol. The van der Waals surface area contributed by atoms with Crippen LogP contribution < -0.4 is 10.4 Å².